The first-order chi connectivity index (χ1) is 46.4. The molecule has 8 aromatic heterocycles. The predicted octanol–water partition coefficient (Wildman–Crippen LogP) is -5.73. The van der Waals surface area contributed by atoms with Crippen molar-refractivity contribution in [2.75, 3.05) is 56.5 Å². The third-order valence-electron chi connectivity index (χ3n) is 15.6. The number of hydrogen-bond donors (Lipinski definition) is 17. The minimum Gasteiger partial charge on any atom is -0.387 e. The summed E-state index contributed by atoms with van der Waals surface area (Å²) in [5, 5.41) is 56.3. The van der Waals surface area contributed by atoms with Gasteiger partial charge in [0.1, 0.15) is 84.6 Å². The number of aromatic amines is 3. The second-order valence-corrected chi connectivity index (χ2v) is 31.1. The largest absolute Gasteiger partial charge is 0.490 e. The molecule has 4 fully saturated rings. The lowest BCUT2D eigenvalue weighted by atomic mass is 9.96. The number of nitrogens with one attached hydrogen (secondary N) is 3. The average molecular weight is 1520 g/mol. The number of hydrogen-bond acceptors (Lipinski definition) is 38. The molecule has 21 N–H and O–H groups in total. The average Bonchev–Trinajstić information content (AvgIpc) is 1.60. The maximum Gasteiger partial charge on any atom is 0.490 e. The number of nitrogens with two attached hydrogens (primary N) is 4. The van der Waals surface area contributed by atoms with Gasteiger partial charge in [0.15, 0.2) is 58.8 Å². The zero-order valence-electron chi connectivity index (χ0n) is 50.3. The van der Waals surface area contributed by atoms with Gasteiger partial charge in [0.05, 0.1) is 52.5 Å². The predicted molar refractivity (Wildman–Crippen MR) is 323 cm³/mol. The summed E-state index contributed by atoms with van der Waals surface area (Å²) >= 11 is 5.42. The standard InChI is InChI=1S/C43H57N20O30P5S/c1-43(71)27(67)16(89-39(43)63-12-59(2)20-32(63)55-42(47)58-35(20)70)7-84-96(76,77)93-97(78,79)92-95(74,75)83-5-15-25(26(81-3)38(88-15)60-9-50-17-28(44)48-8-49-29(17)60)91-98(80,99)85-6-14-24(23(66)37(87-14)62-11-52-19-31(62)54-41(46)57-34(19)69)90-94(72,73)82-4-13-21(64)22(65)36(86-13)61-10-51-18-30(61)53-40(45)56-33(18)68/h8-16,21-27,36-39,64-67,71H,4-7H2,1-3H3,(H15-,44,45,46,47,48,49,53,54,55,56,57,58,68,69,70,72,73,74,75,76,77,78,79,80,99)/p+1. The Morgan fingerprint density at radius 1 is 0.586 bits per heavy atom. The molecule has 0 bridgehead atoms. The second-order valence-electron chi connectivity index (χ2n) is 22.3. The molecule has 4 aliphatic rings. The number of aliphatic hydroxyl groups is 5. The minimum atomic E-state index is -6.30. The molecular formula is C43H58N20O30P5S+. The molecule has 0 radical (unpaired) electrons. The number of aliphatic hydroxyl groups excluding tert-OH is 4. The van der Waals surface area contributed by atoms with Gasteiger partial charge in [0.2, 0.25) is 23.6 Å². The number of phosphoric ester groups is 3. The number of aryl methyl sites for hydroxylation is 1. The molecule has 21 unspecified atom stereocenters. The van der Waals surface area contributed by atoms with Crippen molar-refractivity contribution in [3.8, 4) is 0 Å². The summed E-state index contributed by atoms with van der Waals surface area (Å²) in [5.41, 5.74) is 17.4. The molecule has 50 nitrogen and oxygen atoms in total. The van der Waals surface area contributed by atoms with Crippen LogP contribution in [0.1, 0.15) is 31.8 Å². The van der Waals surface area contributed by atoms with Crippen molar-refractivity contribution in [1.82, 2.24) is 73.1 Å². The van der Waals surface area contributed by atoms with Crippen LogP contribution in [0.25, 0.3) is 44.7 Å². The van der Waals surface area contributed by atoms with Crippen LogP contribution in [0.5, 0.6) is 0 Å². The van der Waals surface area contributed by atoms with E-state index in [9.17, 15) is 82.6 Å². The molecule has 0 aliphatic carbocycles. The van der Waals surface area contributed by atoms with Gasteiger partial charge in [0, 0.05) is 7.11 Å². The fourth-order valence-electron chi connectivity index (χ4n) is 11.2. The van der Waals surface area contributed by atoms with E-state index in [2.05, 4.69) is 63.4 Å². The van der Waals surface area contributed by atoms with Crippen LogP contribution >= 0.6 is 38.0 Å². The third kappa shape index (κ3) is 14.3. The molecule has 4 saturated heterocycles. The summed E-state index contributed by atoms with van der Waals surface area (Å²) in [6, 6.07) is 0. The van der Waals surface area contributed by atoms with Crippen LogP contribution in [-0.2, 0) is 96.6 Å². The number of ether oxygens (including phenoxy) is 5. The third-order valence-corrected chi connectivity index (χ3v) is 22.4. The molecule has 0 amide bonds. The summed E-state index contributed by atoms with van der Waals surface area (Å²) in [4.78, 5) is 132. The van der Waals surface area contributed by atoms with E-state index in [1.54, 1.807) is 0 Å². The Balaban J connectivity index is 0.742. The smallest absolute Gasteiger partial charge is 0.387 e. The topological polar surface area (TPSA) is 720 Å². The quantitative estimate of drug-likeness (QED) is 0.0187. The van der Waals surface area contributed by atoms with Crippen molar-refractivity contribution in [1.29, 1.82) is 0 Å². The number of anilines is 4. The molecule has 12 rings (SSSR count). The first-order valence-electron chi connectivity index (χ1n) is 28.1. The van der Waals surface area contributed by atoms with Gasteiger partial charge in [-0.15, -0.1) is 0 Å². The number of imidazole rings is 4. The maximum atomic E-state index is 13.9. The van der Waals surface area contributed by atoms with Crippen LogP contribution in [0.2, 0.25) is 0 Å². The van der Waals surface area contributed by atoms with Gasteiger partial charge in [-0.05, 0) is 18.7 Å². The molecule has 0 spiro atoms. The number of phosphoric acid groups is 4. The van der Waals surface area contributed by atoms with E-state index in [4.69, 9.17) is 85.6 Å². The first kappa shape index (κ1) is 72.2. The Bertz CT molecular complexity index is 4880. The number of nitrogens with zero attached hydrogens (tertiary/aromatic N) is 13. The van der Waals surface area contributed by atoms with Crippen LogP contribution in [-0.4, -0.2) is 229 Å². The Morgan fingerprint density at radius 3 is 1.69 bits per heavy atom. The SMILES string of the molecule is COC1C(OP(O)(=S)OCC2OC(n3cnc4c(=O)[nH]c(N)nc43)C(O)C2OP(=O)(O)OCC2OC(n3cnc4c(=O)[nH]c(N)nc43)C(O)C2O)C(COP(=O)(O)OP(=O)(O)OP(=O)(O)OCC2OC([n+]3cn(C)c4c(=O)[nH]c(N)nc43)C(C)(O)C2O)OC1n1cnc2c(N)ncnc21. The molecule has 56 heteroatoms. The highest BCUT2D eigenvalue weighted by molar-refractivity contribution is 8.07. The fraction of sp³-hybridized carbons (Fsp3) is 0.535. The Hall–Kier alpha value is -6.55. The van der Waals surface area contributed by atoms with Gasteiger partial charge in [0.25, 0.3) is 22.6 Å². The minimum absolute atomic E-state index is 0.00712. The molecule has 21 atom stereocenters. The van der Waals surface area contributed by atoms with Crippen LogP contribution in [0, 0.1) is 0 Å². The van der Waals surface area contributed by atoms with E-state index in [-0.39, 0.29) is 62.4 Å². The van der Waals surface area contributed by atoms with Gasteiger partial charge in [-0.1, -0.05) is 4.98 Å². The lowest BCUT2D eigenvalue weighted by Crippen LogP contribution is -2.53. The highest BCUT2D eigenvalue weighted by Gasteiger charge is 2.58. The van der Waals surface area contributed by atoms with E-state index >= 15 is 0 Å². The molecule has 0 aromatic carbocycles. The number of methoxy groups -OCH3 is 1. The molecule has 540 valence electrons. The van der Waals surface area contributed by atoms with E-state index in [1.807, 2.05) is 0 Å². The van der Waals surface area contributed by atoms with Gasteiger partial charge in [-0.3, -0.25) is 70.2 Å². The van der Waals surface area contributed by atoms with Crippen LogP contribution in [0.15, 0.2) is 46.0 Å². The zero-order valence-corrected chi connectivity index (χ0v) is 55.6. The van der Waals surface area contributed by atoms with E-state index in [1.165, 1.54) is 22.5 Å². The lowest BCUT2D eigenvalue weighted by Gasteiger charge is -2.28. The van der Waals surface area contributed by atoms with Crippen LogP contribution < -0.4 is 44.2 Å². The summed E-state index contributed by atoms with van der Waals surface area (Å²) in [6.45, 7) is -8.52. The molecule has 4 aliphatic heterocycles. The zero-order chi connectivity index (χ0) is 71.5. The second kappa shape index (κ2) is 26.7. The summed E-state index contributed by atoms with van der Waals surface area (Å²) in [6.07, 6.45) is -21.5. The Kier molecular flexibility index (Phi) is 19.5. The number of aromatic nitrogens is 16. The molecular weight excluding hydrogens is 1460 g/mol. The van der Waals surface area contributed by atoms with Gasteiger partial charge in [-0.2, -0.15) is 18.6 Å². The van der Waals surface area contributed by atoms with Crippen molar-refractivity contribution >= 4 is 118 Å². The molecule has 8 aromatic rings. The first-order valence-corrected chi connectivity index (χ1v) is 36.7. The summed E-state index contributed by atoms with van der Waals surface area (Å²) < 4.78 is 130. The van der Waals surface area contributed by atoms with E-state index in [0.29, 0.717) is 0 Å². The number of nitrogen functional groups attached to an aromatic ring is 4. The number of fused-ring (bicyclic) bond motifs is 4. The number of rotatable bonds is 25. The van der Waals surface area contributed by atoms with Gasteiger partial charge < -0.3 is 101 Å². The van der Waals surface area contributed by atoms with Crippen molar-refractivity contribution in [2.45, 2.75) is 105 Å². The molecule has 0 saturated carbocycles. The lowest BCUT2D eigenvalue weighted by molar-refractivity contribution is -0.752. The van der Waals surface area contributed by atoms with Crippen LogP contribution in [0.4, 0.5) is 23.7 Å². The van der Waals surface area contributed by atoms with Crippen molar-refractivity contribution < 1.29 is 132 Å². The van der Waals surface area contributed by atoms with Crippen molar-refractivity contribution in [3.05, 3.63) is 62.7 Å². The maximum absolute atomic E-state index is 13.9. The highest BCUT2D eigenvalue weighted by atomic mass is 32.5. The van der Waals surface area contributed by atoms with Gasteiger partial charge in [-0.25, -0.2) is 47.7 Å². The summed E-state index contributed by atoms with van der Waals surface area (Å²) in [7, 11) is -21.4. The number of H-pyrrole nitrogens is 3. The molecule has 99 heavy (non-hydrogen) atoms. The van der Waals surface area contributed by atoms with E-state index < -0.39 is 185 Å². The van der Waals surface area contributed by atoms with Gasteiger partial charge >= 0.3 is 43.7 Å². The van der Waals surface area contributed by atoms with Crippen molar-refractivity contribution in [2.24, 2.45) is 7.05 Å². The fourth-order valence-corrected chi connectivity index (χ4v) is 17.2. The Morgan fingerprint density at radius 2 is 1.08 bits per heavy atom. The normalized spacial score (nSPS) is 31.3. The monoisotopic (exact) mass is 1520 g/mol. The summed E-state index contributed by atoms with van der Waals surface area (Å²) in [5.74, 6) is -1.24. The van der Waals surface area contributed by atoms with Crippen molar-refractivity contribution in [3.63, 3.8) is 0 Å². The van der Waals surface area contributed by atoms with E-state index in [0.717, 1.165) is 53.0 Å². The Labute approximate surface area is 552 Å². The van der Waals surface area contributed by atoms with Crippen LogP contribution in [0.3, 0.4) is 0 Å². The molecule has 12 heterocycles. The highest BCUT2D eigenvalue weighted by Crippen LogP contribution is 2.68.